The molecule has 0 unspecified atom stereocenters. The van der Waals surface area contributed by atoms with Crippen LogP contribution in [0.4, 0.5) is 0 Å². The molecule has 0 aliphatic carbocycles. The Morgan fingerprint density at radius 2 is 1.65 bits per heavy atom. The maximum atomic E-state index is 12.3. The van der Waals surface area contributed by atoms with Crippen LogP contribution in [0.15, 0.2) is 0 Å². The average Bonchev–Trinajstić information content (AvgIpc) is 2.42. The second-order valence-electron chi connectivity index (χ2n) is 4.19. The quantitative estimate of drug-likeness (QED) is 0.424. The molecule has 20 heavy (non-hydrogen) atoms. The molecular formula is C16H22O4. The van der Waals surface area contributed by atoms with Crippen molar-refractivity contribution in [2.24, 2.45) is 11.3 Å². The summed E-state index contributed by atoms with van der Waals surface area (Å²) in [6.07, 6.45) is 5.87. The van der Waals surface area contributed by atoms with E-state index in [9.17, 15) is 9.59 Å². The van der Waals surface area contributed by atoms with Gasteiger partial charge in [0.15, 0.2) is 5.41 Å². The Hall–Kier alpha value is -1.94. The van der Waals surface area contributed by atoms with E-state index in [4.69, 9.17) is 15.9 Å². The fraction of sp³-hybridized carbons (Fsp3) is 0.625. The Morgan fingerprint density at radius 1 is 1.15 bits per heavy atom. The van der Waals surface area contributed by atoms with Crippen LogP contribution in [-0.2, 0) is 19.1 Å². The Morgan fingerprint density at radius 3 is 2.00 bits per heavy atom. The fourth-order valence-corrected chi connectivity index (χ4v) is 1.79. The van der Waals surface area contributed by atoms with Crippen LogP contribution in [0.2, 0.25) is 0 Å². The topological polar surface area (TPSA) is 52.6 Å². The Balaban J connectivity index is 5.73. The lowest BCUT2D eigenvalue weighted by molar-refractivity contribution is -0.174. The molecule has 0 amide bonds. The second kappa shape index (κ2) is 9.04. The number of esters is 2. The van der Waals surface area contributed by atoms with Gasteiger partial charge in [-0.3, -0.25) is 9.59 Å². The van der Waals surface area contributed by atoms with E-state index < -0.39 is 23.3 Å². The molecule has 4 nitrogen and oxygen atoms in total. The van der Waals surface area contributed by atoms with Gasteiger partial charge in [0.05, 0.1) is 13.2 Å². The minimum atomic E-state index is -1.55. The summed E-state index contributed by atoms with van der Waals surface area (Å²) in [7, 11) is 0. The summed E-state index contributed by atoms with van der Waals surface area (Å²) in [5, 5.41) is 0. The van der Waals surface area contributed by atoms with Crippen LogP contribution >= 0.6 is 0 Å². The molecule has 0 saturated carbocycles. The maximum Gasteiger partial charge on any atom is 0.325 e. The van der Waals surface area contributed by atoms with Gasteiger partial charge in [0.1, 0.15) is 0 Å². The molecule has 0 fully saturated rings. The van der Waals surface area contributed by atoms with E-state index >= 15 is 0 Å². The predicted octanol–water partition coefficient (Wildman–Crippen LogP) is 2.17. The summed E-state index contributed by atoms with van der Waals surface area (Å²) < 4.78 is 10.1. The van der Waals surface area contributed by atoms with Gasteiger partial charge in [0.2, 0.25) is 0 Å². The summed E-state index contributed by atoms with van der Waals surface area (Å²) >= 11 is 0. The zero-order valence-corrected chi connectivity index (χ0v) is 12.6. The van der Waals surface area contributed by atoms with Crippen LogP contribution in [0.1, 0.15) is 40.5 Å². The third-order valence-electron chi connectivity index (χ3n) is 2.89. The van der Waals surface area contributed by atoms with Crippen LogP contribution in [0.5, 0.6) is 0 Å². The summed E-state index contributed by atoms with van der Waals surface area (Å²) in [6, 6.07) is 0. The molecule has 0 rings (SSSR count). The van der Waals surface area contributed by atoms with Gasteiger partial charge in [0, 0.05) is 18.8 Å². The van der Waals surface area contributed by atoms with Crippen molar-refractivity contribution in [3.05, 3.63) is 0 Å². The lowest BCUT2D eigenvalue weighted by Crippen LogP contribution is -2.46. The van der Waals surface area contributed by atoms with E-state index in [2.05, 4.69) is 17.8 Å². The second-order valence-corrected chi connectivity index (χ2v) is 4.19. The number of carbonyl (C=O) groups excluding carboxylic acids is 2. The summed E-state index contributed by atoms with van der Waals surface area (Å²) in [4.78, 5) is 24.6. The predicted molar refractivity (Wildman–Crippen MR) is 76.4 cm³/mol. The highest BCUT2D eigenvalue weighted by Gasteiger charge is 2.52. The zero-order chi connectivity index (χ0) is 15.6. The van der Waals surface area contributed by atoms with E-state index in [1.807, 2.05) is 6.92 Å². The zero-order valence-electron chi connectivity index (χ0n) is 12.6. The van der Waals surface area contributed by atoms with Crippen molar-refractivity contribution in [1.29, 1.82) is 0 Å². The smallest absolute Gasteiger partial charge is 0.325 e. The third kappa shape index (κ3) is 4.03. The van der Waals surface area contributed by atoms with Gasteiger partial charge in [0.25, 0.3) is 0 Å². The number of terminal acetylenes is 1. The molecule has 4 heteroatoms. The van der Waals surface area contributed by atoms with E-state index in [0.717, 1.165) is 0 Å². The van der Waals surface area contributed by atoms with Crippen molar-refractivity contribution >= 4 is 11.9 Å². The van der Waals surface area contributed by atoms with Gasteiger partial charge in [-0.15, -0.1) is 18.3 Å². The van der Waals surface area contributed by atoms with Crippen LogP contribution in [-0.4, -0.2) is 25.2 Å². The van der Waals surface area contributed by atoms with Gasteiger partial charge >= 0.3 is 11.9 Å². The van der Waals surface area contributed by atoms with E-state index in [0.29, 0.717) is 6.42 Å². The van der Waals surface area contributed by atoms with Gasteiger partial charge in [-0.05, 0) is 20.8 Å². The van der Waals surface area contributed by atoms with Crippen molar-refractivity contribution in [3.63, 3.8) is 0 Å². The maximum absolute atomic E-state index is 12.3. The number of hydrogen-bond acceptors (Lipinski definition) is 4. The molecule has 0 bridgehead atoms. The largest absolute Gasteiger partial charge is 0.465 e. The van der Waals surface area contributed by atoms with Gasteiger partial charge in [-0.1, -0.05) is 12.8 Å². The third-order valence-corrected chi connectivity index (χ3v) is 2.89. The van der Waals surface area contributed by atoms with Crippen molar-refractivity contribution < 1.29 is 19.1 Å². The molecule has 0 saturated heterocycles. The van der Waals surface area contributed by atoms with E-state index in [1.54, 1.807) is 20.8 Å². The minimum absolute atomic E-state index is 0.0930. The van der Waals surface area contributed by atoms with Crippen molar-refractivity contribution in [2.45, 2.75) is 40.5 Å². The standard InChI is InChI=1S/C16H22O4/c1-6-10-11-13(5)16(12-7-2,14(17)19-8-3)15(18)20-9-4/h2,13H,6,8-9,12H2,1,3-5H3/t13-/m1/s1. The number of hydrogen-bond donors (Lipinski definition) is 0. The fourth-order valence-electron chi connectivity index (χ4n) is 1.79. The summed E-state index contributed by atoms with van der Waals surface area (Å²) in [5.74, 6) is 6.22. The normalized spacial score (nSPS) is 11.6. The molecule has 0 radical (unpaired) electrons. The number of rotatable bonds is 6. The van der Waals surface area contributed by atoms with E-state index in [1.165, 1.54) is 0 Å². The molecule has 1 atom stereocenters. The highest BCUT2D eigenvalue weighted by atomic mass is 16.6. The summed E-state index contributed by atoms with van der Waals surface area (Å²) in [6.45, 7) is 7.25. The van der Waals surface area contributed by atoms with Gasteiger partial charge in [-0.25, -0.2) is 0 Å². The van der Waals surface area contributed by atoms with Crippen molar-refractivity contribution in [2.75, 3.05) is 13.2 Å². The highest BCUT2D eigenvalue weighted by Crippen LogP contribution is 2.35. The summed E-state index contributed by atoms with van der Waals surface area (Å²) in [5.41, 5.74) is -1.55. The number of ether oxygens (including phenoxy) is 2. The molecule has 0 heterocycles. The van der Waals surface area contributed by atoms with Gasteiger partial charge < -0.3 is 9.47 Å². The first kappa shape index (κ1) is 18.1. The first-order valence-corrected chi connectivity index (χ1v) is 6.77. The molecular weight excluding hydrogens is 256 g/mol. The Kier molecular flexibility index (Phi) is 8.16. The first-order chi connectivity index (χ1) is 9.50. The van der Waals surface area contributed by atoms with Gasteiger partial charge in [-0.2, -0.15) is 0 Å². The Bertz CT molecular complexity index is 416. The lowest BCUT2D eigenvalue weighted by Gasteiger charge is -2.30. The van der Waals surface area contributed by atoms with Crippen molar-refractivity contribution in [3.8, 4) is 24.2 Å². The van der Waals surface area contributed by atoms with Crippen molar-refractivity contribution in [1.82, 2.24) is 0 Å². The van der Waals surface area contributed by atoms with Crippen LogP contribution < -0.4 is 0 Å². The first-order valence-electron chi connectivity index (χ1n) is 6.77. The van der Waals surface area contributed by atoms with Crippen LogP contribution in [0, 0.1) is 35.5 Å². The molecule has 0 spiro atoms. The SMILES string of the molecule is C#CCC(C(=O)OCC)(C(=O)OCC)[C@H](C)C#CCC. The number of carbonyl (C=O) groups is 2. The molecule has 0 aromatic carbocycles. The lowest BCUT2D eigenvalue weighted by atomic mass is 9.73. The molecule has 0 aromatic heterocycles. The molecule has 0 N–H and O–H groups in total. The molecule has 0 aromatic rings. The molecule has 0 aliphatic heterocycles. The average molecular weight is 278 g/mol. The minimum Gasteiger partial charge on any atom is -0.465 e. The monoisotopic (exact) mass is 278 g/mol. The molecule has 110 valence electrons. The highest BCUT2D eigenvalue weighted by molar-refractivity contribution is 6.01. The van der Waals surface area contributed by atoms with Crippen LogP contribution in [0.3, 0.4) is 0 Å². The Labute approximate surface area is 121 Å². The van der Waals surface area contributed by atoms with Crippen LogP contribution in [0.25, 0.3) is 0 Å². The molecule has 0 aliphatic rings. The van der Waals surface area contributed by atoms with E-state index in [-0.39, 0.29) is 19.6 Å².